The molecule has 2 aromatic heterocycles. The number of benzene rings is 2. The molecule has 0 spiro atoms. The summed E-state index contributed by atoms with van der Waals surface area (Å²) in [5, 5.41) is 3.80. The van der Waals surface area contributed by atoms with E-state index in [0.29, 0.717) is 10.6 Å². The average Bonchev–Trinajstić information content (AvgIpc) is 3.01. The molecule has 0 bridgehead atoms. The lowest BCUT2D eigenvalue weighted by Crippen LogP contribution is -2.13. The second kappa shape index (κ2) is 7.09. The first-order valence-corrected chi connectivity index (χ1v) is 9.88. The van der Waals surface area contributed by atoms with Gasteiger partial charge in [-0.1, -0.05) is 42.0 Å². The summed E-state index contributed by atoms with van der Waals surface area (Å²) in [6.45, 7) is 6.03. The molecule has 2 aromatic carbocycles. The SMILES string of the molecule is Cc1ccc(-c2ccc3c(N)c(C(=O)Nc4cc(C)ccc4C)sc3n2)cc1. The van der Waals surface area contributed by atoms with Crippen LogP contribution in [0.5, 0.6) is 0 Å². The lowest BCUT2D eigenvalue weighted by molar-refractivity contribution is 0.103. The molecule has 0 unspecified atom stereocenters. The molecule has 2 heterocycles. The van der Waals surface area contributed by atoms with E-state index in [1.54, 1.807) is 0 Å². The van der Waals surface area contributed by atoms with Crippen LogP contribution in [0.15, 0.2) is 54.6 Å². The third-order valence-electron chi connectivity index (χ3n) is 4.79. The van der Waals surface area contributed by atoms with Crippen LogP contribution in [0.3, 0.4) is 0 Å². The van der Waals surface area contributed by atoms with E-state index in [-0.39, 0.29) is 5.91 Å². The third kappa shape index (κ3) is 3.37. The molecule has 0 fully saturated rings. The Morgan fingerprint density at radius 2 is 1.68 bits per heavy atom. The summed E-state index contributed by atoms with van der Waals surface area (Å²) >= 11 is 1.33. The Morgan fingerprint density at radius 1 is 0.964 bits per heavy atom. The molecule has 3 N–H and O–H groups in total. The highest BCUT2D eigenvalue weighted by molar-refractivity contribution is 7.21. The number of nitrogens with zero attached hydrogens (tertiary/aromatic N) is 1. The number of carbonyl (C=O) groups excluding carboxylic acids is 1. The molecule has 28 heavy (non-hydrogen) atoms. The Morgan fingerprint density at radius 3 is 2.43 bits per heavy atom. The van der Waals surface area contributed by atoms with Crippen molar-refractivity contribution >= 4 is 38.8 Å². The summed E-state index contributed by atoms with van der Waals surface area (Å²) in [6.07, 6.45) is 0. The first kappa shape index (κ1) is 18.2. The number of carbonyl (C=O) groups is 1. The predicted molar refractivity (Wildman–Crippen MR) is 118 cm³/mol. The first-order valence-electron chi connectivity index (χ1n) is 9.07. The van der Waals surface area contributed by atoms with Crippen LogP contribution in [0.2, 0.25) is 0 Å². The number of fused-ring (bicyclic) bond motifs is 1. The summed E-state index contributed by atoms with van der Waals surface area (Å²) < 4.78 is 0. The smallest absolute Gasteiger partial charge is 0.267 e. The zero-order valence-electron chi connectivity index (χ0n) is 16.0. The van der Waals surface area contributed by atoms with Gasteiger partial charge in [0.05, 0.1) is 11.4 Å². The van der Waals surface area contributed by atoms with Crippen molar-refractivity contribution in [3.63, 3.8) is 0 Å². The van der Waals surface area contributed by atoms with Gasteiger partial charge in [-0.2, -0.15) is 0 Å². The Balaban J connectivity index is 1.69. The van der Waals surface area contributed by atoms with Gasteiger partial charge in [0.1, 0.15) is 9.71 Å². The topological polar surface area (TPSA) is 68.0 Å². The summed E-state index contributed by atoms with van der Waals surface area (Å²) in [4.78, 5) is 18.8. The monoisotopic (exact) mass is 387 g/mol. The molecule has 0 atom stereocenters. The van der Waals surface area contributed by atoms with E-state index in [4.69, 9.17) is 10.7 Å². The summed E-state index contributed by atoms with van der Waals surface area (Å²) in [5.74, 6) is -0.203. The number of amides is 1. The van der Waals surface area contributed by atoms with Gasteiger partial charge in [0.25, 0.3) is 5.91 Å². The molecule has 0 aliphatic heterocycles. The number of aryl methyl sites for hydroxylation is 3. The summed E-state index contributed by atoms with van der Waals surface area (Å²) in [6, 6.07) is 18.1. The number of nitrogens with one attached hydrogen (secondary N) is 1. The van der Waals surface area contributed by atoms with Gasteiger partial charge < -0.3 is 11.1 Å². The molecular weight excluding hydrogens is 366 g/mol. The van der Waals surface area contributed by atoms with Gasteiger partial charge in [0.2, 0.25) is 0 Å². The second-order valence-corrected chi connectivity index (χ2v) is 8.03. The molecule has 0 radical (unpaired) electrons. The molecule has 4 rings (SSSR count). The maximum atomic E-state index is 12.9. The fourth-order valence-electron chi connectivity index (χ4n) is 3.10. The van der Waals surface area contributed by atoms with Gasteiger partial charge in [0, 0.05) is 16.6 Å². The zero-order chi connectivity index (χ0) is 19.8. The molecule has 140 valence electrons. The molecule has 0 aliphatic rings. The van der Waals surface area contributed by atoms with Crippen LogP contribution in [-0.4, -0.2) is 10.9 Å². The van der Waals surface area contributed by atoms with E-state index in [2.05, 4.69) is 36.5 Å². The predicted octanol–water partition coefficient (Wildman–Crippen LogP) is 5.72. The van der Waals surface area contributed by atoms with E-state index < -0.39 is 0 Å². The largest absolute Gasteiger partial charge is 0.397 e. The number of thiophene rings is 1. The molecule has 4 aromatic rings. The lowest BCUT2D eigenvalue weighted by Gasteiger charge is -2.08. The zero-order valence-corrected chi connectivity index (χ0v) is 16.9. The number of nitrogens with two attached hydrogens (primary N) is 1. The van der Waals surface area contributed by atoms with Crippen molar-refractivity contribution in [3.8, 4) is 11.3 Å². The number of aromatic nitrogens is 1. The van der Waals surface area contributed by atoms with Gasteiger partial charge in [-0.15, -0.1) is 11.3 Å². The molecular formula is C23H21N3OS. The van der Waals surface area contributed by atoms with Gasteiger partial charge in [-0.05, 0) is 50.1 Å². The highest BCUT2D eigenvalue weighted by Crippen LogP contribution is 2.35. The first-order chi connectivity index (χ1) is 13.4. The molecule has 0 aliphatic carbocycles. The van der Waals surface area contributed by atoms with E-state index in [1.807, 2.05) is 44.2 Å². The Bertz CT molecular complexity index is 1190. The van der Waals surface area contributed by atoms with Crippen molar-refractivity contribution in [1.29, 1.82) is 0 Å². The van der Waals surface area contributed by atoms with E-state index in [0.717, 1.165) is 38.3 Å². The maximum absolute atomic E-state index is 12.9. The van der Waals surface area contributed by atoms with Crippen LogP contribution in [0.1, 0.15) is 26.4 Å². The maximum Gasteiger partial charge on any atom is 0.267 e. The Kier molecular flexibility index (Phi) is 4.61. The minimum atomic E-state index is -0.203. The minimum absolute atomic E-state index is 0.203. The minimum Gasteiger partial charge on any atom is -0.397 e. The van der Waals surface area contributed by atoms with Crippen molar-refractivity contribution in [2.75, 3.05) is 11.1 Å². The number of nitrogen functional groups attached to an aromatic ring is 1. The average molecular weight is 388 g/mol. The standard InChI is InChI=1S/C23H21N3OS/c1-13-5-8-16(9-6-13)18-11-10-17-20(24)21(28-23(17)26-18)22(27)25-19-12-14(2)4-7-15(19)3/h4-12H,24H2,1-3H3,(H,25,27). The van der Waals surface area contributed by atoms with Crippen molar-refractivity contribution in [1.82, 2.24) is 4.98 Å². The van der Waals surface area contributed by atoms with Crippen molar-refractivity contribution in [2.45, 2.75) is 20.8 Å². The number of rotatable bonds is 3. The van der Waals surface area contributed by atoms with Crippen molar-refractivity contribution in [3.05, 3.63) is 76.2 Å². The fourth-order valence-corrected chi connectivity index (χ4v) is 4.09. The molecule has 4 nitrogen and oxygen atoms in total. The summed E-state index contributed by atoms with van der Waals surface area (Å²) in [7, 11) is 0. The van der Waals surface area contributed by atoms with Crippen LogP contribution >= 0.6 is 11.3 Å². The van der Waals surface area contributed by atoms with Gasteiger partial charge in [-0.3, -0.25) is 4.79 Å². The second-order valence-electron chi connectivity index (χ2n) is 7.03. The quantitative estimate of drug-likeness (QED) is 0.472. The fraction of sp³-hybridized carbons (Fsp3) is 0.130. The van der Waals surface area contributed by atoms with E-state index >= 15 is 0 Å². The number of hydrogen-bond acceptors (Lipinski definition) is 4. The van der Waals surface area contributed by atoms with Crippen LogP contribution in [0.4, 0.5) is 11.4 Å². The molecule has 5 heteroatoms. The number of hydrogen-bond donors (Lipinski definition) is 2. The number of anilines is 2. The van der Waals surface area contributed by atoms with Crippen LogP contribution in [-0.2, 0) is 0 Å². The highest BCUT2D eigenvalue weighted by Gasteiger charge is 2.18. The van der Waals surface area contributed by atoms with Crippen LogP contribution < -0.4 is 11.1 Å². The van der Waals surface area contributed by atoms with E-state index in [9.17, 15) is 4.79 Å². The Hall–Kier alpha value is -3.18. The van der Waals surface area contributed by atoms with Crippen molar-refractivity contribution < 1.29 is 4.79 Å². The van der Waals surface area contributed by atoms with Crippen LogP contribution in [0, 0.1) is 20.8 Å². The van der Waals surface area contributed by atoms with E-state index in [1.165, 1.54) is 16.9 Å². The van der Waals surface area contributed by atoms with Gasteiger partial charge in [-0.25, -0.2) is 4.98 Å². The summed E-state index contributed by atoms with van der Waals surface area (Å²) in [5.41, 5.74) is 12.8. The van der Waals surface area contributed by atoms with Crippen LogP contribution in [0.25, 0.3) is 21.5 Å². The normalized spacial score (nSPS) is 11.0. The third-order valence-corrected chi connectivity index (χ3v) is 5.90. The molecule has 0 saturated heterocycles. The molecule has 1 amide bonds. The highest BCUT2D eigenvalue weighted by atomic mass is 32.1. The Labute approximate surface area is 168 Å². The lowest BCUT2D eigenvalue weighted by atomic mass is 10.1. The molecule has 0 saturated carbocycles. The van der Waals surface area contributed by atoms with Gasteiger partial charge >= 0.3 is 0 Å². The van der Waals surface area contributed by atoms with Crippen molar-refractivity contribution in [2.24, 2.45) is 0 Å². The van der Waals surface area contributed by atoms with Gasteiger partial charge in [0.15, 0.2) is 0 Å². The number of pyridine rings is 1.